The Labute approximate surface area is 99.6 Å². The van der Waals surface area contributed by atoms with Crippen molar-refractivity contribution in [1.29, 1.82) is 0 Å². The zero-order valence-corrected chi connectivity index (χ0v) is 10.1. The Morgan fingerprint density at radius 1 is 1.24 bits per heavy atom. The Kier molecular flexibility index (Phi) is 2.99. The molecule has 0 atom stereocenters. The van der Waals surface area contributed by atoms with Gasteiger partial charge in [0.25, 0.3) is 5.91 Å². The normalized spacial score (nSPS) is 14.9. The summed E-state index contributed by atoms with van der Waals surface area (Å²) in [6.07, 6.45) is 0.369. The summed E-state index contributed by atoms with van der Waals surface area (Å²) in [5, 5.41) is 5.56. The van der Waals surface area contributed by atoms with Gasteiger partial charge in [-0.1, -0.05) is 0 Å². The number of carbonyl (C=O) groups is 1. The molecular weight excluding hydrogens is 220 g/mol. The smallest absolute Gasteiger partial charge is 0.253 e. The first-order valence-electron chi connectivity index (χ1n) is 5.24. The third-order valence-corrected chi connectivity index (χ3v) is 2.53. The molecule has 5 nitrogen and oxygen atoms in total. The molecule has 1 aromatic rings. The van der Waals surface area contributed by atoms with Crippen molar-refractivity contribution in [1.82, 2.24) is 0 Å². The van der Waals surface area contributed by atoms with E-state index in [-0.39, 0.29) is 5.91 Å². The monoisotopic (exact) mass is 234 g/mol. The standard InChI is InChI=1S/C12H14N2O3/c1-8-6-12(15)14(13-8)9-4-5-10(16-2)11(7-9)17-3/h4-5,7H,6H2,1-3H3. The van der Waals surface area contributed by atoms with Gasteiger partial charge in [-0.15, -0.1) is 0 Å². The van der Waals surface area contributed by atoms with Crippen molar-refractivity contribution in [3.8, 4) is 11.5 Å². The number of methoxy groups -OCH3 is 2. The number of benzene rings is 1. The van der Waals surface area contributed by atoms with Gasteiger partial charge in [0.05, 0.1) is 26.3 Å². The minimum atomic E-state index is -0.0327. The SMILES string of the molecule is COc1ccc(N2N=C(C)CC2=O)cc1OC. The van der Waals surface area contributed by atoms with E-state index in [1.807, 2.05) is 6.92 Å². The molecule has 0 fully saturated rings. The number of hydrogen-bond acceptors (Lipinski definition) is 4. The highest BCUT2D eigenvalue weighted by Crippen LogP contribution is 2.32. The first-order valence-corrected chi connectivity index (χ1v) is 5.24. The number of carbonyl (C=O) groups excluding carboxylic acids is 1. The fourth-order valence-corrected chi connectivity index (χ4v) is 1.71. The second-order valence-corrected chi connectivity index (χ2v) is 3.76. The van der Waals surface area contributed by atoms with Crippen LogP contribution in [0, 0.1) is 0 Å². The summed E-state index contributed by atoms with van der Waals surface area (Å²) >= 11 is 0. The van der Waals surface area contributed by atoms with Crippen molar-refractivity contribution < 1.29 is 14.3 Å². The van der Waals surface area contributed by atoms with Gasteiger partial charge in [0, 0.05) is 11.8 Å². The summed E-state index contributed by atoms with van der Waals surface area (Å²) in [7, 11) is 3.13. The highest BCUT2D eigenvalue weighted by molar-refractivity contribution is 6.12. The molecule has 0 radical (unpaired) electrons. The van der Waals surface area contributed by atoms with E-state index in [4.69, 9.17) is 9.47 Å². The summed E-state index contributed by atoms with van der Waals surface area (Å²) in [6, 6.07) is 5.27. The molecule has 5 heteroatoms. The van der Waals surface area contributed by atoms with Crippen LogP contribution >= 0.6 is 0 Å². The average molecular weight is 234 g/mol. The number of anilines is 1. The van der Waals surface area contributed by atoms with Crippen molar-refractivity contribution >= 4 is 17.3 Å². The van der Waals surface area contributed by atoms with Crippen LogP contribution in [-0.2, 0) is 4.79 Å². The maximum absolute atomic E-state index is 11.7. The molecule has 0 bridgehead atoms. The summed E-state index contributed by atoms with van der Waals surface area (Å²) in [4.78, 5) is 11.7. The van der Waals surface area contributed by atoms with Gasteiger partial charge < -0.3 is 9.47 Å². The third kappa shape index (κ3) is 2.08. The maximum Gasteiger partial charge on any atom is 0.253 e. The van der Waals surface area contributed by atoms with Gasteiger partial charge in [-0.2, -0.15) is 5.10 Å². The number of hydrogen-bond donors (Lipinski definition) is 0. The van der Waals surface area contributed by atoms with Crippen molar-refractivity contribution in [2.24, 2.45) is 5.10 Å². The van der Waals surface area contributed by atoms with Crippen LogP contribution in [0.1, 0.15) is 13.3 Å². The largest absolute Gasteiger partial charge is 0.493 e. The quantitative estimate of drug-likeness (QED) is 0.801. The van der Waals surface area contributed by atoms with Crippen molar-refractivity contribution in [3.05, 3.63) is 18.2 Å². The van der Waals surface area contributed by atoms with E-state index in [0.29, 0.717) is 23.6 Å². The molecule has 2 rings (SSSR count). The van der Waals surface area contributed by atoms with Crippen LogP contribution in [0.3, 0.4) is 0 Å². The lowest BCUT2D eigenvalue weighted by Gasteiger charge is -2.14. The second kappa shape index (κ2) is 4.45. The average Bonchev–Trinajstić information content (AvgIpc) is 2.67. The number of rotatable bonds is 3. The zero-order chi connectivity index (χ0) is 12.4. The van der Waals surface area contributed by atoms with Gasteiger partial charge in [-0.05, 0) is 19.1 Å². The number of amides is 1. The van der Waals surface area contributed by atoms with Gasteiger partial charge in [-0.3, -0.25) is 4.79 Å². The van der Waals surface area contributed by atoms with Crippen LogP contribution in [0.2, 0.25) is 0 Å². The summed E-state index contributed by atoms with van der Waals surface area (Å²) < 4.78 is 10.3. The summed E-state index contributed by atoms with van der Waals surface area (Å²) in [6.45, 7) is 1.83. The summed E-state index contributed by atoms with van der Waals surface area (Å²) in [5.41, 5.74) is 1.49. The van der Waals surface area contributed by atoms with Gasteiger partial charge in [0.1, 0.15) is 0 Å². The molecule has 1 heterocycles. The number of ether oxygens (including phenoxy) is 2. The first kappa shape index (κ1) is 11.4. The molecule has 1 aliphatic heterocycles. The van der Waals surface area contributed by atoms with E-state index < -0.39 is 0 Å². The molecule has 0 aromatic heterocycles. The number of hydrazone groups is 1. The Bertz CT molecular complexity index is 483. The van der Waals surface area contributed by atoms with E-state index in [2.05, 4.69) is 5.10 Å². The fraction of sp³-hybridized carbons (Fsp3) is 0.333. The maximum atomic E-state index is 11.7. The Balaban J connectivity index is 2.37. The predicted octanol–water partition coefficient (Wildman–Crippen LogP) is 1.82. The van der Waals surface area contributed by atoms with Gasteiger partial charge >= 0.3 is 0 Å². The molecular formula is C12H14N2O3. The van der Waals surface area contributed by atoms with Crippen LogP contribution in [-0.4, -0.2) is 25.8 Å². The van der Waals surface area contributed by atoms with E-state index >= 15 is 0 Å². The van der Waals surface area contributed by atoms with Gasteiger partial charge in [0.2, 0.25) is 0 Å². The van der Waals surface area contributed by atoms with E-state index in [9.17, 15) is 4.79 Å². The lowest BCUT2D eigenvalue weighted by atomic mass is 10.2. The van der Waals surface area contributed by atoms with Crippen molar-refractivity contribution in [3.63, 3.8) is 0 Å². The Hall–Kier alpha value is -2.04. The minimum Gasteiger partial charge on any atom is -0.493 e. The van der Waals surface area contributed by atoms with Crippen molar-refractivity contribution in [2.45, 2.75) is 13.3 Å². The van der Waals surface area contributed by atoms with E-state index in [1.54, 1.807) is 32.4 Å². The Morgan fingerprint density at radius 2 is 1.94 bits per heavy atom. The molecule has 0 saturated heterocycles. The molecule has 90 valence electrons. The highest BCUT2D eigenvalue weighted by atomic mass is 16.5. The fourth-order valence-electron chi connectivity index (χ4n) is 1.71. The zero-order valence-electron chi connectivity index (χ0n) is 10.1. The minimum absolute atomic E-state index is 0.0327. The Morgan fingerprint density at radius 3 is 2.47 bits per heavy atom. The third-order valence-electron chi connectivity index (χ3n) is 2.53. The molecule has 0 spiro atoms. The molecule has 1 amide bonds. The molecule has 0 N–H and O–H groups in total. The topological polar surface area (TPSA) is 51.1 Å². The molecule has 1 aliphatic rings. The van der Waals surface area contributed by atoms with Crippen molar-refractivity contribution in [2.75, 3.05) is 19.2 Å². The number of nitrogens with zero attached hydrogens (tertiary/aromatic N) is 2. The summed E-state index contributed by atoms with van der Waals surface area (Å²) in [5.74, 6) is 1.18. The van der Waals surface area contributed by atoms with E-state index in [0.717, 1.165) is 5.71 Å². The molecule has 0 aliphatic carbocycles. The van der Waals surface area contributed by atoms with Crippen LogP contribution in [0.5, 0.6) is 11.5 Å². The first-order chi connectivity index (χ1) is 8.15. The van der Waals surface area contributed by atoms with Crippen LogP contribution in [0.15, 0.2) is 23.3 Å². The lowest BCUT2D eigenvalue weighted by Crippen LogP contribution is -2.19. The predicted molar refractivity (Wildman–Crippen MR) is 64.8 cm³/mol. The molecule has 0 saturated carbocycles. The van der Waals surface area contributed by atoms with E-state index in [1.165, 1.54) is 5.01 Å². The van der Waals surface area contributed by atoms with Crippen LogP contribution in [0.25, 0.3) is 0 Å². The second-order valence-electron chi connectivity index (χ2n) is 3.76. The lowest BCUT2D eigenvalue weighted by molar-refractivity contribution is -0.116. The van der Waals surface area contributed by atoms with Gasteiger partial charge in [-0.25, -0.2) is 5.01 Å². The molecule has 17 heavy (non-hydrogen) atoms. The molecule has 1 aromatic carbocycles. The molecule has 0 unspecified atom stereocenters. The van der Waals surface area contributed by atoms with Crippen LogP contribution < -0.4 is 14.5 Å². The van der Waals surface area contributed by atoms with Crippen LogP contribution in [0.4, 0.5) is 5.69 Å². The van der Waals surface area contributed by atoms with Gasteiger partial charge in [0.15, 0.2) is 11.5 Å². The highest BCUT2D eigenvalue weighted by Gasteiger charge is 2.23.